The Labute approximate surface area is 82.3 Å². The van der Waals surface area contributed by atoms with Gasteiger partial charge in [-0.3, -0.25) is 0 Å². The quantitative estimate of drug-likeness (QED) is 0.698. The summed E-state index contributed by atoms with van der Waals surface area (Å²) in [7, 11) is 0. The van der Waals surface area contributed by atoms with Gasteiger partial charge in [-0.05, 0) is 37.8 Å². The van der Waals surface area contributed by atoms with E-state index in [0.29, 0.717) is 6.04 Å². The SMILES string of the molecule is CC(C)CNC[C@@H]1CCCC[C@@H]1N. The molecule has 1 fully saturated rings. The molecule has 0 saturated heterocycles. The lowest BCUT2D eigenvalue weighted by Crippen LogP contribution is -2.40. The van der Waals surface area contributed by atoms with Crippen LogP contribution in [0.2, 0.25) is 0 Å². The van der Waals surface area contributed by atoms with E-state index in [0.717, 1.165) is 24.9 Å². The highest BCUT2D eigenvalue weighted by Gasteiger charge is 2.20. The molecule has 0 amide bonds. The van der Waals surface area contributed by atoms with Crippen LogP contribution in [0.15, 0.2) is 0 Å². The average Bonchev–Trinajstić information content (AvgIpc) is 2.08. The molecule has 0 heterocycles. The van der Waals surface area contributed by atoms with E-state index in [9.17, 15) is 0 Å². The van der Waals surface area contributed by atoms with E-state index in [1.807, 2.05) is 0 Å². The smallest absolute Gasteiger partial charge is 0.00792 e. The van der Waals surface area contributed by atoms with Crippen LogP contribution in [0.1, 0.15) is 39.5 Å². The lowest BCUT2D eigenvalue weighted by atomic mass is 9.85. The summed E-state index contributed by atoms with van der Waals surface area (Å²) < 4.78 is 0. The summed E-state index contributed by atoms with van der Waals surface area (Å²) in [6, 6.07) is 0.452. The van der Waals surface area contributed by atoms with E-state index in [1.165, 1.54) is 25.7 Å². The number of nitrogens with one attached hydrogen (secondary N) is 1. The molecule has 0 aromatic rings. The molecule has 0 bridgehead atoms. The van der Waals surface area contributed by atoms with Crippen molar-refractivity contribution in [2.75, 3.05) is 13.1 Å². The first-order chi connectivity index (χ1) is 6.20. The Morgan fingerprint density at radius 2 is 2.00 bits per heavy atom. The first-order valence-electron chi connectivity index (χ1n) is 5.66. The third kappa shape index (κ3) is 4.10. The molecule has 2 nitrogen and oxygen atoms in total. The zero-order valence-electron chi connectivity index (χ0n) is 9.05. The van der Waals surface area contributed by atoms with Crippen molar-refractivity contribution < 1.29 is 0 Å². The molecule has 2 heteroatoms. The van der Waals surface area contributed by atoms with Gasteiger partial charge in [0.15, 0.2) is 0 Å². The second kappa shape index (κ2) is 5.61. The van der Waals surface area contributed by atoms with Crippen LogP contribution in [-0.2, 0) is 0 Å². The lowest BCUT2D eigenvalue weighted by Gasteiger charge is -2.28. The Bertz CT molecular complexity index is 134. The molecular formula is C11H24N2. The predicted octanol–water partition coefficient (Wildman–Crippen LogP) is 1.75. The fourth-order valence-corrected chi connectivity index (χ4v) is 2.05. The maximum atomic E-state index is 6.06. The fraction of sp³-hybridized carbons (Fsp3) is 1.00. The zero-order valence-corrected chi connectivity index (χ0v) is 9.05. The highest BCUT2D eigenvalue weighted by Crippen LogP contribution is 2.22. The van der Waals surface area contributed by atoms with E-state index >= 15 is 0 Å². The van der Waals surface area contributed by atoms with E-state index in [2.05, 4.69) is 19.2 Å². The summed E-state index contributed by atoms with van der Waals surface area (Å²) in [5.41, 5.74) is 6.06. The second-order valence-electron chi connectivity index (χ2n) is 4.76. The van der Waals surface area contributed by atoms with Crippen molar-refractivity contribution in [3.05, 3.63) is 0 Å². The van der Waals surface area contributed by atoms with E-state index in [-0.39, 0.29) is 0 Å². The van der Waals surface area contributed by atoms with E-state index < -0.39 is 0 Å². The molecule has 0 aromatic carbocycles. The molecular weight excluding hydrogens is 160 g/mol. The normalized spacial score (nSPS) is 29.5. The number of hydrogen-bond donors (Lipinski definition) is 2. The van der Waals surface area contributed by atoms with Crippen molar-refractivity contribution in [3.63, 3.8) is 0 Å². The molecule has 2 atom stereocenters. The second-order valence-corrected chi connectivity index (χ2v) is 4.76. The van der Waals surface area contributed by atoms with Crippen molar-refractivity contribution >= 4 is 0 Å². The van der Waals surface area contributed by atoms with E-state index in [4.69, 9.17) is 5.73 Å². The molecule has 78 valence electrons. The minimum atomic E-state index is 0.452. The van der Waals surface area contributed by atoms with Crippen LogP contribution in [0.3, 0.4) is 0 Å². The number of rotatable bonds is 4. The third-order valence-corrected chi connectivity index (χ3v) is 2.93. The molecule has 3 N–H and O–H groups in total. The maximum absolute atomic E-state index is 6.06. The van der Waals surface area contributed by atoms with Gasteiger partial charge in [-0.2, -0.15) is 0 Å². The van der Waals surface area contributed by atoms with Crippen LogP contribution in [0.4, 0.5) is 0 Å². The average molecular weight is 184 g/mol. The van der Waals surface area contributed by atoms with Gasteiger partial charge in [0.05, 0.1) is 0 Å². The molecule has 1 aliphatic rings. The van der Waals surface area contributed by atoms with Crippen LogP contribution in [0.25, 0.3) is 0 Å². The number of hydrogen-bond acceptors (Lipinski definition) is 2. The van der Waals surface area contributed by atoms with Gasteiger partial charge in [0.1, 0.15) is 0 Å². The maximum Gasteiger partial charge on any atom is 0.00792 e. The molecule has 1 rings (SSSR count). The van der Waals surface area contributed by atoms with Crippen LogP contribution >= 0.6 is 0 Å². The Morgan fingerprint density at radius 1 is 1.31 bits per heavy atom. The van der Waals surface area contributed by atoms with Crippen molar-refractivity contribution in [2.45, 2.75) is 45.6 Å². The standard InChI is InChI=1S/C11H24N2/c1-9(2)7-13-8-10-5-3-4-6-11(10)12/h9-11,13H,3-8,12H2,1-2H3/t10-,11-/m0/s1. The minimum absolute atomic E-state index is 0.452. The van der Waals surface area contributed by atoms with Crippen LogP contribution in [0, 0.1) is 11.8 Å². The Balaban J connectivity index is 2.11. The predicted molar refractivity (Wildman–Crippen MR) is 57.6 cm³/mol. The van der Waals surface area contributed by atoms with Crippen LogP contribution < -0.4 is 11.1 Å². The molecule has 0 radical (unpaired) electrons. The van der Waals surface area contributed by atoms with E-state index in [1.54, 1.807) is 0 Å². The van der Waals surface area contributed by atoms with Gasteiger partial charge in [0.2, 0.25) is 0 Å². The van der Waals surface area contributed by atoms with Crippen LogP contribution in [0.5, 0.6) is 0 Å². The van der Waals surface area contributed by atoms with Crippen LogP contribution in [-0.4, -0.2) is 19.1 Å². The summed E-state index contributed by atoms with van der Waals surface area (Å²) in [5, 5.41) is 3.50. The highest BCUT2D eigenvalue weighted by molar-refractivity contribution is 4.79. The zero-order chi connectivity index (χ0) is 9.68. The monoisotopic (exact) mass is 184 g/mol. The topological polar surface area (TPSA) is 38.0 Å². The number of nitrogens with two attached hydrogens (primary N) is 1. The molecule has 13 heavy (non-hydrogen) atoms. The van der Waals surface area contributed by atoms with Crippen molar-refractivity contribution in [1.82, 2.24) is 5.32 Å². The highest BCUT2D eigenvalue weighted by atomic mass is 14.9. The fourth-order valence-electron chi connectivity index (χ4n) is 2.05. The first-order valence-corrected chi connectivity index (χ1v) is 5.66. The molecule has 0 spiro atoms. The van der Waals surface area contributed by atoms with Gasteiger partial charge in [0.25, 0.3) is 0 Å². The van der Waals surface area contributed by atoms with Crippen molar-refractivity contribution in [1.29, 1.82) is 0 Å². The minimum Gasteiger partial charge on any atom is -0.327 e. The van der Waals surface area contributed by atoms with Gasteiger partial charge in [-0.1, -0.05) is 26.7 Å². The summed E-state index contributed by atoms with van der Waals surface area (Å²) >= 11 is 0. The largest absolute Gasteiger partial charge is 0.327 e. The summed E-state index contributed by atoms with van der Waals surface area (Å²) in [6.45, 7) is 6.74. The summed E-state index contributed by atoms with van der Waals surface area (Å²) in [5.74, 6) is 1.48. The van der Waals surface area contributed by atoms with Gasteiger partial charge < -0.3 is 11.1 Å². The lowest BCUT2D eigenvalue weighted by molar-refractivity contribution is 0.293. The summed E-state index contributed by atoms with van der Waals surface area (Å²) in [6.07, 6.45) is 5.27. The van der Waals surface area contributed by atoms with Gasteiger partial charge in [-0.15, -0.1) is 0 Å². The Hall–Kier alpha value is -0.0800. The summed E-state index contributed by atoms with van der Waals surface area (Å²) in [4.78, 5) is 0. The first kappa shape index (κ1) is 11.0. The van der Waals surface area contributed by atoms with Gasteiger partial charge in [-0.25, -0.2) is 0 Å². The Morgan fingerprint density at radius 3 is 2.62 bits per heavy atom. The molecule has 1 aliphatic carbocycles. The molecule has 1 saturated carbocycles. The van der Waals surface area contributed by atoms with Gasteiger partial charge >= 0.3 is 0 Å². The van der Waals surface area contributed by atoms with Crippen molar-refractivity contribution in [2.24, 2.45) is 17.6 Å². The third-order valence-electron chi connectivity index (χ3n) is 2.93. The molecule has 0 aromatic heterocycles. The molecule has 0 unspecified atom stereocenters. The van der Waals surface area contributed by atoms with Gasteiger partial charge in [0, 0.05) is 6.04 Å². The Kier molecular flexibility index (Phi) is 4.74. The van der Waals surface area contributed by atoms with Crippen molar-refractivity contribution in [3.8, 4) is 0 Å². The molecule has 0 aliphatic heterocycles.